The van der Waals surface area contributed by atoms with E-state index in [2.05, 4.69) is 26.0 Å². The quantitative estimate of drug-likeness (QED) is 0.772. The van der Waals surface area contributed by atoms with Gasteiger partial charge in [-0.2, -0.15) is 0 Å². The molecule has 0 saturated carbocycles. The van der Waals surface area contributed by atoms with Crippen molar-refractivity contribution in [3.05, 3.63) is 41.7 Å². The number of hydrogen-bond acceptors (Lipinski definition) is 2. The normalized spacial score (nSPS) is 19.1. The molecule has 1 aromatic carbocycles. The Labute approximate surface area is 96.9 Å². The van der Waals surface area contributed by atoms with Crippen LogP contribution in [0.3, 0.4) is 0 Å². The zero-order valence-electron chi connectivity index (χ0n) is 9.90. The van der Waals surface area contributed by atoms with Crippen LogP contribution in [0, 0.1) is 12.8 Å². The molecule has 2 rings (SSSR count). The molecular formula is C14H18O2. The zero-order chi connectivity index (χ0) is 11.4. The molecule has 1 unspecified atom stereocenters. The van der Waals surface area contributed by atoms with Crippen molar-refractivity contribution >= 4 is 0 Å². The van der Waals surface area contributed by atoms with Crippen LogP contribution in [0.2, 0.25) is 0 Å². The molecule has 1 atom stereocenters. The molecule has 1 aliphatic heterocycles. The maximum absolute atomic E-state index is 5.66. The monoisotopic (exact) mass is 218 g/mol. The van der Waals surface area contributed by atoms with Gasteiger partial charge in [-0.05, 0) is 30.7 Å². The maximum Gasteiger partial charge on any atom is 0.119 e. The molecule has 2 nitrogen and oxygen atoms in total. The molecule has 0 fully saturated rings. The summed E-state index contributed by atoms with van der Waals surface area (Å²) in [7, 11) is 0. The summed E-state index contributed by atoms with van der Waals surface area (Å²) in [6.07, 6.45) is 3.04. The highest BCUT2D eigenvalue weighted by Gasteiger charge is 2.11. The minimum Gasteiger partial charge on any atom is -0.498 e. The summed E-state index contributed by atoms with van der Waals surface area (Å²) in [5.41, 5.74) is 1.22. The van der Waals surface area contributed by atoms with Crippen LogP contribution >= 0.6 is 0 Å². The standard InChI is InChI=1S/C14H18O2/c1-11-4-3-5-13(8-11)15-7-6-14-9-12(2)10-16-14/h3-5,8-9,12H,6-7,10H2,1-2H3. The van der Waals surface area contributed by atoms with Crippen LogP contribution in [0.1, 0.15) is 18.9 Å². The average molecular weight is 218 g/mol. The van der Waals surface area contributed by atoms with Crippen molar-refractivity contribution in [3.8, 4) is 5.75 Å². The van der Waals surface area contributed by atoms with Crippen molar-refractivity contribution in [3.63, 3.8) is 0 Å². The Balaban J connectivity index is 1.78. The van der Waals surface area contributed by atoms with Gasteiger partial charge in [0.15, 0.2) is 0 Å². The lowest BCUT2D eigenvalue weighted by molar-refractivity contribution is 0.199. The van der Waals surface area contributed by atoms with Crippen LogP contribution in [-0.4, -0.2) is 13.2 Å². The molecule has 0 spiro atoms. The summed E-state index contributed by atoms with van der Waals surface area (Å²) >= 11 is 0. The Morgan fingerprint density at radius 2 is 2.31 bits per heavy atom. The van der Waals surface area contributed by atoms with Crippen LogP contribution < -0.4 is 4.74 Å². The van der Waals surface area contributed by atoms with E-state index in [1.807, 2.05) is 18.2 Å². The third-order valence-electron chi connectivity index (χ3n) is 2.61. The number of hydrogen-bond donors (Lipinski definition) is 0. The topological polar surface area (TPSA) is 18.5 Å². The smallest absolute Gasteiger partial charge is 0.119 e. The van der Waals surface area contributed by atoms with E-state index in [9.17, 15) is 0 Å². The van der Waals surface area contributed by atoms with Crippen LogP contribution in [0.5, 0.6) is 5.75 Å². The fourth-order valence-corrected chi connectivity index (χ4v) is 1.78. The highest BCUT2D eigenvalue weighted by atomic mass is 16.5. The fourth-order valence-electron chi connectivity index (χ4n) is 1.78. The molecule has 0 saturated heterocycles. The molecule has 1 aliphatic rings. The molecule has 0 aliphatic carbocycles. The highest BCUT2D eigenvalue weighted by molar-refractivity contribution is 5.27. The van der Waals surface area contributed by atoms with Crippen LogP contribution in [0.15, 0.2) is 36.1 Å². The second-order valence-corrected chi connectivity index (χ2v) is 4.34. The predicted molar refractivity (Wildman–Crippen MR) is 64.5 cm³/mol. The van der Waals surface area contributed by atoms with Crippen molar-refractivity contribution in [2.45, 2.75) is 20.3 Å². The SMILES string of the molecule is Cc1cccc(OCCC2=CC(C)CO2)c1. The summed E-state index contributed by atoms with van der Waals surface area (Å²) in [5.74, 6) is 2.56. The second-order valence-electron chi connectivity index (χ2n) is 4.34. The van der Waals surface area contributed by atoms with E-state index in [-0.39, 0.29) is 0 Å². The summed E-state index contributed by atoms with van der Waals surface area (Å²) in [5, 5.41) is 0. The lowest BCUT2D eigenvalue weighted by Gasteiger charge is -2.07. The summed E-state index contributed by atoms with van der Waals surface area (Å²) in [6.45, 7) is 5.73. The van der Waals surface area contributed by atoms with Gasteiger partial charge in [0.05, 0.1) is 19.0 Å². The lowest BCUT2D eigenvalue weighted by Crippen LogP contribution is -1.99. The predicted octanol–water partition coefficient (Wildman–Crippen LogP) is 3.31. The summed E-state index contributed by atoms with van der Waals surface area (Å²) < 4.78 is 11.2. The van der Waals surface area contributed by atoms with E-state index in [1.165, 1.54) is 5.56 Å². The van der Waals surface area contributed by atoms with Gasteiger partial charge >= 0.3 is 0 Å². The van der Waals surface area contributed by atoms with Crippen molar-refractivity contribution in [1.82, 2.24) is 0 Å². The lowest BCUT2D eigenvalue weighted by atomic mass is 10.2. The van der Waals surface area contributed by atoms with Gasteiger partial charge in [-0.15, -0.1) is 0 Å². The minimum absolute atomic E-state index is 0.550. The first-order valence-corrected chi connectivity index (χ1v) is 5.77. The Morgan fingerprint density at radius 1 is 1.44 bits per heavy atom. The van der Waals surface area contributed by atoms with E-state index in [0.29, 0.717) is 12.5 Å². The summed E-state index contributed by atoms with van der Waals surface area (Å²) in [6, 6.07) is 8.11. The number of benzene rings is 1. The third kappa shape index (κ3) is 3.02. The van der Waals surface area contributed by atoms with E-state index in [4.69, 9.17) is 9.47 Å². The van der Waals surface area contributed by atoms with Crippen molar-refractivity contribution in [2.75, 3.05) is 13.2 Å². The Bertz CT molecular complexity index is 382. The van der Waals surface area contributed by atoms with Crippen molar-refractivity contribution in [1.29, 1.82) is 0 Å². The van der Waals surface area contributed by atoms with Gasteiger partial charge < -0.3 is 9.47 Å². The first kappa shape index (κ1) is 11.1. The molecular weight excluding hydrogens is 200 g/mol. The van der Waals surface area contributed by atoms with Crippen molar-refractivity contribution < 1.29 is 9.47 Å². The van der Waals surface area contributed by atoms with Crippen LogP contribution in [0.25, 0.3) is 0 Å². The van der Waals surface area contributed by atoms with Crippen LogP contribution in [-0.2, 0) is 4.74 Å². The fraction of sp³-hybridized carbons (Fsp3) is 0.429. The first-order chi connectivity index (χ1) is 7.74. The average Bonchev–Trinajstić information content (AvgIpc) is 2.64. The summed E-state index contributed by atoms with van der Waals surface area (Å²) in [4.78, 5) is 0. The van der Waals surface area contributed by atoms with Crippen molar-refractivity contribution in [2.24, 2.45) is 5.92 Å². The zero-order valence-corrected chi connectivity index (χ0v) is 9.90. The highest BCUT2D eigenvalue weighted by Crippen LogP contribution is 2.19. The van der Waals surface area contributed by atoms with Gasteiger partial charge in [-0.1, -0.05) is 19.1 Å². The van der Waals surface area contributed by atoms with Gasteiger partial charge in [-0.25, -0.2) is 0 Å². The second kappa shape index (κ2) is 5.06. The van der Waals surface area contributed by atoms with Gasteiger partial charge in [0, 0.05) is 12.3 Å². The molecule has 1 aromatic rings. The van der Waals surface area contributed by atoms with E-state index in [0.717, 1.165) is 24.5 Å². The molecule has 2 heteroatoms. The van der Waals surface area contributed by atoms with E-state index < -0.39 is 0 Å². The molecule has 0 radical (unpaired) electrons. The Hall–Kier alpha value is -1.44. The third-order valence-corrected chi connectivity index (χ3v) is 2.61. The largest absolute Gasteiger partial charge is 0.498 e. The Kier molecular flexibility index (Phi) is 3.50. The van der Waals surface area contributed by atoms with Gasteiger partial charge in [-0.3, -0.25) is 0 Å². The molecule has 0 amide bonds. The molecule has 1 heterocycles. The number of ether oxygens (including phenoxy) is 2. The Morgan fingerprint density at radius 3 is 3.00 bits per heavy atom. The van der Waals surface area contributed by atoms with Gasteiger partial charge in [0.2, 0.25) is 0 Å². The molecule has 0 aromatic heterocycles. The van der Waals surface area contributed by atoms with Gasteiger partial charge in [0.25, 0.3) is 0 Å². The molecule has 86 valence electrons. The first-order valence-electron chi connectivity index (χ1n) is 5.77. The minimum atomic E-state index is 0.550. The molecule has 0 bridgehead atoms. The molecule has 0 N–H and O–H groups in total. The van der Waals surface area contributed by atoms with E-state index >= 15 is 0 Å². The van der Waals surface area contributed by atoms with E-state index in [1.54, 1.807) is 0 Å². The van der Waals surface area contributed by atoms with Gasteiger partial charge in [0.1, 0.15) is 5.75 Å². The number of aryl methyl sites for hydroxylation is 1. The number of rotatable bonds is 4. The maximum atomic E-state index is 5.66. The molecule has 16 heavy (non-hydrogen) atoms. The van der Waals surface area contributed by atoms with Crippen LogP contribution in [0.4, 0.5) is 0 Å².